The zero-order chi connectivity index (χ0) is 22.6. The number of halogens is 1. The fourth-order valence-electron chi connectivity index (χ4n) is 2.97. The molecule has 2 aromatic heterocycles. The SMILES string of the molecule is COc1ccc(S(=O)(=O)NCCc2nnc3ccc(SCc4cccc(Cl)c4)nn23)cc1. The summed E-state index contributed by atoms with van der Waals surface area (Å²) >= 11 is 7.61. The van der Waals surface area contributed by atoms with Crippen molar-refractivity contribution in [1.29, 1.82) is 0 Å². The Morgan fingerprint density at radius 1 is 1.09 bits per heavy atom. The molecule has 0 unspecified atom stereocenters. The lowest BCUT2D eigenvalue weighted by Crippen LogP contribution is -2.26. The summed E-state index contributed by atoms with van der Waals surface area (Å²) in [4.78, 5) is 0.169. The minimum Gasteiger partial charge on any atom is -0.497 e. The number of benzene rings is 2. The minimum atomic E-state index is -3.64. The van der Waals surface area contributed by atoms with E-state index >= 15 is 0 Å². The normalized spacial score (nSPS) is 11.7. The topological polar surface area (TPSA) is 98.5 Å². The van der Waals surface area contributed by atoms with Crippen LogP contribution in [0.25, 0.3) is 5.65 Å². The monoisotopic (exact) mass is 489 g/mol. The van der Waals surface area contributed by atoms with E-state index in [2.05, 4.69) is 20.0 Å². The Labute approximate surface area is 195 Å². The fraction of sp³-hybridized carbons (Fsp3) is 0.190. The van der Waals surface area contributed by atoms with Crippen LogP contribution in [0.4, 0.5) is 0 Å². The first-order valence-corrected chi connectivity index (χ1v) is 12.5. The molecule has 0 aliphatic heterocycles. The Kier molecular flexibility index (Phi) is 6.95. The Morgan fingerprint density at radius 2 is 1.91 bits per heavy atom. The van der Waals surface area contributed by atoms with Gasteiger partial charge in [-0.15, -0.1) is 10.2 Å². The standard InChI is InChI=1S/C21H20ClN5O3S2/c1-30-17-5-7-18(8-6-17)32(28,29)23-12-11-20-25-24-19-9-10-21(26-27(19)20)31-14-15-3-2-4-16(22)13-15/h2-10,13,23H,11-12,14H2,1H3. The van der Waals surface area contributed by atoms with E-state index in [4.69, 9.17) is 16.3 Å². The molecule has 11 heteroatoms. The van der Waals surface area contributed by atoms with Crippen molar-refractivity contribution in [3.05, 3.63) is 77.1 Å². The summed E-state index contributed by atoms with van der Waals surface area (Å²) in [5, 5.41) is 14.4. The Hall–Kier alpha value is -2.66. The predicted molar refractivity (Wildman–Crippen MR) is 124 cm³/mol. The molecule has 166 valence electrons. The summed E-state index contributed by atoms with van der Waals surface area (Å²) in [6, 6.07) is 17.6. The predicted octanol–water partition coefficient (Wildman–Crippen LogP) is 3.60. The smallest absolute Gasteiger partial charge is 0.240 e. The van der Waals surface area contributed by atoms with Gasteiger partial charge in [0, 0.05) is 23.7 Å². The van der Waals surface area contributed by atoms with Gasteiger partial charge in [-0.25, -0.2) is 13.1 Å². The van der Waals surface area contributed by atoms with Crippen molar-refractivity contribution >= 4 is 39.0 Å². The molecule has 32 heavy (non-hydrogen) atoms. The number of fused-ring (bicyclic) bond motifs is 1. The van der Waals surface area contributed by atoms with Gasteiger partial charge in [0.15, 0.2) is 11.5 Å². The number of sulfonamides is 1. The van der Waals surface area contributed by atoms with Crippen LogP contribution in [0, 0.1) is 0 Å². The minimum absolute atomic E-state index is 0.163. The van der Waals surface area contributed by atoms with Crippen molar-refractivity contribution in [2.24, 2.45) is 0 Å². The molecule has 0 fully saturated rings. The first-order valence-electron chi connectivity index (χ1n) is 9.67. The molecule has 2 aromatic carbocycles. The van der Waals surface area contributed by atoms with Crippen molar-refractivity contribution in [3.8, 4) is 5.75 Å². The van der Waals surface area contributed by atoms with Crippen molar-refractivity contribution < 1.29 is 13.2 Å². The molecule has 8 nitrogen and oxygen atoms in total. The highest BCUT2D eigenvalue weighted by molar-refractivity contribution is 7.98. The van der Waals surface area contributed by atoms with E-state index in [1.807, 2.05) is 36.4 Å². The van der Waals surface area contributed by atoms with Gasteiger partial charge in [0.05, 0.1) is 12.0 Å². The van der Waals surface area contributed by atoms with Gasteiger partial charge in [-0.3, -0.25) is 0 Å². The summed E-state index contributed by atoms with van der Waals surface area (Å²) in [7, 11) is -2.11. The number of hydrogen-bond donors (Lipinski definition) is 1. The van der Waals surface area contributed by atoms with E-state index in [1.165, 1.54) is 19.2 Å². The van der Waals surface area contributed by atoms with Crippen molar-refractivity contribution in [3.63, 3.8) is 0 Å². The summed E-state index contributed by atoms with van der Waals surface area (Å²) in [6.45, 7) is 0.163. The molecule has 0 aliphatic carbocycles. The second-order valence-electron chi connectivity index (χ2n) is 6.80. The van der Waals surface area contributed by atoms with Crippen LogP contribution in [-0.2, 0) is 22.2 Å². The third kappa shape index (κ3) is 5.39. The van der Waals surface area contributed by atoms with E-state index in [-0.39, 0.29) is 11.4 Å². The molecule has 0 aliphatic rings. The van der Waals surface area contributed by atoms with Crippen LogP contribution in [0.2, 0.25) is 5.02 Å². The molecule has 0 saturated carbocycles. The number of thioether (sulfide) groups is 1. The maximum atomic E-state index is 12.5. The number of rotatable bonds is 9. The van der Waals surface area contributed by atoms with Crippen LogP contribution < -0.4 is 9.46 Å². The number of aromatic nitrogens is 4. The average Bonchev–Trinajstić information content (AvgIpc) is 3.20. The third-order valence-corrected chi connectivity index (χ3v) is 7.29. The first-order chi connectivity index (χ1) is 15.4. The molecule has 2 heterocycles. The molecule has 0 saturated heterocycles. The van der Waals surface area contributed by atoms with Gasteiger partial charge in [0.25, 0.3) is 0 Å². The van der Waals surface area contributed by atoms with Gasteiger partial charge >= 0.3 is 0 Å². The van der Waals surface area contributed by atoms with Crippen LogP contribution in [0.3, 0.4) is 0 Å². The molecular weight excluding hydrogens is 470 g/mol. The van der Waals surface area contributed by atoms with Crippen LogP contribution in [-0.4, -0.2) is 41.9 Å². The zero-order valence-electron chi connectivity index (χ0n) is 17.1. The average molecular weight is 490 g/mol. The summed E-state index contributed by atoms with van der Waals surface area (Å²) in [5.41, 5.74) is 1.70. The third-order valence-electron chi connectivity index (χ3n) is 4.59. The molecule has 4 rings (SSSR count). The first kappa shape index (κ1) is 22.5. The number of ether oxygens (including phenoxy) is 1. The van der Waals surface area contributed by atoms with E-state index in [0.29, 0.717) is 28.7 Å². The Morgan fingerprint density at radius 3 is 2.66 bits per heavy atom. The summed E-state index contributed by atoms with van der Waals surface area (Å²) in [5.74, 6) is 1.88. The molecule has 0 bridgehead atoms. The summed E-state index contributed by atoms with van der Waals surface area (Å²) < 4.78 is 34.3. The number of nitrogens with one attached hydrogen (secondary N) is 1. The fourth-order valence-corrected chi connectivity index (χ4v) is 5.01. The summed E-state index contributed by atoms with van der Waals surface area (Å²) in [6.07, 6.45) is 0.339. The molecule has 0 atom stereocenters. The van der Waals surface area contributed by atoms with Crippen molar-refractivity contribution in [2.75, 3.05) is 13.7 Å². The van der Waals surface area contributed by atoms with Gasteiger partial charge in [0.2, 0.25) is 10.0 Å². The lowest BCUT2D eigenvalue weighted by molar-refractivity contribution is 0.414. The van der Waals surface area contributed by atoms with Gasteiger partial charge in [-0.05, 0) is 54.1 Å². The molecule has 0 radical (unpaired) electrons. The quantitative estimate of drug-likeness (QED) is 0.358. The highest BCUT2D eigenvalue weighted by atomic mass is 35.5. The Bertz CT molecular complexity index is 1330. The molecule has 1 N–H and O–H groups in total. The molecular formula is C21H20ClN5O3S2. The maximum Gasteiger partial charge on any atom is 0.240 e. The van der Waals surface area contributed by atoms with Gasteiger partial charge in [-0.2, -0.15) is 9.61 Å². The number of nitrogens with zero attached hydrogens (tertiary/aromatic N) is 4. The van der Waals surface area contributed by atoms with E-state index in [0.717, 1.165) is 16.3 Å². The van der Waals surface area contributed by atoms with Crippen LogP contribution in [0.15, 0.2) is 70.6 Å². The van der Waals surface area contributed by atoms with E-state index in [1.54, 1.807) is 28.4 Å². The highest BCUT2D eigenvalue weighted by Crippen LogP contribution is 2.23. The van der Waals surface area contributed by atoms with Crippen molar-refractivity contribution in [2.45, 2.75) is 22.1 Å². The Balaban J connectivity index is 1.41. The van der Waals surface area contributed by atoms with Gasteiger partial charge in [-0.1, -0.05) is 35.5 Å². The maximum absolute atomic E-state index is 12.5. The second kappa shape index (κ2) is 9.86. The van der Waals surface area contributed by atoms with Crippen LogP contribution in [0.5, 0.6) is 5.75 Å². The van der Waals surface area contributed by atoms with E-state index in [9.17, 15) is 8.42 Å². The number of hydrogen-bond acceptors (Lipinski definition) is 7. The molecule has 0 spiro atoms. The zero-order valence-corrected chi connectivity index (χ0v) is 19.5. The van der Waals surface area contributed by atoms with Gasteiger partial charge in [0.1, 0.15) is 10.8 Å². The van der Waals surface area contributed by atoms with Crippen LogP contribution >= 0.6 is 23.4 Å². The van der Waals surface area contributed by atoms with E-state index < -0.39 is 10.0 Å². The molecule has 0 amide bonds. The molecule has 4 aromatic rings. The van der Waals surface area contributed by atoms with Crippen molar-refractivity contribution in [1.82, 2.24) is 24.5 Å². The lowest BCUT2D eigenvalue weighted by atomic mass is 10.2. The lowest BCUT2D eigenvalue weighted by Gasteiger charge is -2.07. The highest BCUT2D eigenvalue weighted by Gasteiger charge is 2.15. The largest absolute Gasteiger partial charge is 0.497 e. The number of methoxy groups -OCH3 is 1. The second-order valence-corrected chi connectivity index (χ2v) is 10.00. The van der Waals surface area contributed by atoms with Crippen LogP contribution in [0.1, 0.15) is 11.4 Å². The van der Waals surface area contributed by atoms with Gasteiger partial charge < -0.3 is 4.74 Å².